The monoisotopic (exact) mass is 248 g/mol. The van der Waals surface area contributed by atoms with Crippen molar-refractivity contribution < 1.29 is 14.3 Å². The van der Waals surface area contributed by atoms with Gasteiger partial charge in [0.1, 0.15) is 11.9 Å². The molecule has 1 unspecified atom stereocenters. The molecule has 1 heterocycles. The molecule has 1 N–H and O–H groups in total. The molecule has 18 heavy (non-hydrogen) atoms. The third-order valence-corrected chi connectivity index (χ3v) is 2.91. The first kappa shape index (κ1) is 13.0. The van der Waals surface area contributed by atoms with E-state index in [9.17, 15) is 5.11 Å². The van der Waals surface area contributed by atoms with Crippen LogP contribution in [0.25, 0.3) is 11.0 Å². The van der Waals surface area contributed by atoms with Gasteiger partial charge in [0.15, 0.2) is 11.3 Å². The molecular weight excluding hydrogens is 228 g/mol. The zero-order valence-electron chi connectivity index (χ0n) is 11.1. The molecule has 0 aliphatic rings. The quantitative estimate of drug-likeness (QED) is 0.872. The molecule has 1 aromatic heterocycles. The van der Waals surface area contributed by atoms with E-state index in [0.717, 1.165) is 23.1 Å². The summed E-state index contributed by atoms with van der Waals surface area (Å²) in [7, 11) is 0. The number of benzene rings is 1. The van der Waals surface area contributed by atoms with Crippen LogP contribution in [0.15, 0.2) is 28.7 Å². The van der Waals surface area contributed by atoms with Crippen molar-refractivity contribution in [3.8, 4) is 5.75 Å². The summed E-state index contributed by atoms with van der Waals surface area (Å²) in [6.45, 7) is 6.66. The first-order chi connectivity index (χ1) is 8.63. The second kappa shape index (κ2) is 5.44. The number of aliphatic hydroxyl groups excluding tert-OH is 1. The molecule has 3 heteroatoms. The number of hydrogen-bond acceptors (Lipinski definition) is 3. The number of ether oxygens (including phenoxy) is 1. The van der Waals surface area contributed by atoms with Crippen molar-refractivity contribution in [1.82, 2.24) is 0 Å². The molecule has 2 aromatic rings. The van der Waals surface area contributed by atoms with Crippen LogP contribution in [-0.2, 0) is 0 Å². The van der Waals surface area contributed by atoms with Gasteiger partial charge in [0.05, 0.1) is 6.61 Å². The molecule has 2 rings (SSSR count). The minimum atomic E-state index is -0.573. The molecule has 0 saturated carbocycles. The Morgan fingerprint density at radius 3 is 2.78 bits per heavy atom. The van der Waals surface area contributed by atoms with Crippen molar-refractivity contribution in [3.05, 3.63) is 30.0 Å². The fraction of sp³-hybridized carbons (Fsp3) is 0.467. The van der Waals surface area contributed by atoms with Gasteiger partial charge in [0.25, 0.3) is 0 Å². The van der Waals surface area contributed by atoms with Crippen molar-refractivity contribution in [3.63, 3.8) is 0 Å². The Morgan fingerprint density at radius 2 is 2.11 bits per heavy atom. The average Bonchev–Trinajstić information content (AvgIpc) is 2.79. The Morgan fingerprint density at radius 1 is 1.33 bits per heavy atom. The Kier molecular flexibility index (Phi) is 3.92. The number of para-hydroxylation sites is 1. The summed E-state index contributed by atoms with van der Waals surface area (Å²) in [6, 6.07) is 7.69. The predicted molar refractivity (Wildman–Crippen MR) is 71.8 cm³/mol. The molecule has 0 bridgehead atoms. The number of furan rings is 1. The summed E-state index contributed by atoms with van der Waals surface area (Å²) in [5.41, 5.74) is 0.723. The van der Waals surface area contributed by atoms with Crippen molar-refractivity contribution in [2.24, 2.45) is 5.92 Å². The van der Waals surface area contributed by atoms with Crippen molar-refractivity contribution in [2.75, 3.05) is 6.61 Å². The van der Waals surface area contributed by atoms with Gasteiger partial charge in [-0.2, -0.15) is 0 Å². The molecule has 1 atom stereocenters. The van der Waals surface area contributed by atoms with Gasteiger partial charge in [-0.25, -0.2) is 0 Å². The highest BCUT2D eigenvalue weighted by Gasteiger charge is 2.18. The maximum Gasteiger partial charge on any atom is 0.176 e. The second-order valence-corrected chi connectivity index (χ2v) is 4.86. The van der Waals surface area contributed by atoms with E-state index in [1.807, 2.05) is 38.1 Å². The lowest BCUT2D eigenvalue weighted by atomic mass is 10.1. The molecule has 0 saturated heterocycles. The van der Waals surface area contributed by atoms with E-state index in [0.29, 0.717) is 12.4 Å². The number of rotatable bonds is 5. The van der Waals surface area contributed by atoms with Crippen molar-refractivity contribution >= 4 is 11.0 Å². The van der Waals surface area contributed by atoms with Crippen LogP contribution in [0.5, 0.6) is 5.75 Å². The SMILES string of the molecule is CCCOc1cccc2cc(C(O)C(C)C)oc12. The average molecular weight is 248 g/mol. The molecule has 1 aromatic carbocycles. The van der Waals surface area contributed by atoms with Gasteiger partial charge in [-0.05, 0) is 24.5 Å². The summed E-state index contributed by atoms with van der Waals surface area (Å²) in [5, 5.41) is 11.0. The highest BCUT2D eigenvalue weighted by atomic mass is 16.5. The number of fused-ring (bicyclic) bond motifs is 1. The molecule has 3 nitrogen and oxygen atoms in total. The van der Waals surface area contributed by atoms with Crippen LogP contribution in [0.2, 0.25) is 0 Å². The summed E-state index contributed by atoms with van der Waals surface area (Å²) >= 11 is 0. The lowest BCUT2D eigenvalue weighted by molar-refractivity contribution is 0.104. The van der Waals surface area contributed by atoms with Crippen molar-refractivity contribution in [1.29, 1.82) is 0 Å². The third-order valence-electron chi connectivity index (χ3n) is 2.91. The van der Waals surface area contributed by atoms with E-state index in [1.54, 1.807) is 0 Å². The largest absolute Gasteiger partial charge is 0.490 e. The zero-order valence-corrected chi connectivity index (χ0v) is 11.1. The van der Waals surface area contributed by atoms with Gasteiger partial charge < -0.3 is 14.3 Å². The predicted octanol–water partition coefficient (Wildman–Crippen LogP) is 3.91. The van der Waals surface area contributed by atoms with E-state index in [4.69, 9.17) is 9.15 Å². The van der Waals surface area contributed by atoms with Crippen LogP contribution in [0, 0.1) is 5.92 Å². The number of hydrogen-bond donors (Lipinski definition) is 1. The van der Waals surface area contributed by atoms with E-state index in [1.165, 1.54) is 0 Å². The maximum absolute atomic E-state index is 10.0. The molecule has 98 valence electrons. The first-order valence-corrected chi connectivity index (χ1v) is 6.46. The second-order valence-electron chi connectivity index (χ2n) is 4.86. The Labute approximate surface area is 107 Å². The van der Waals surface area contributed by atoms with Crippen LogP contribution >= 0.6 is 0 Å². The lowest BCUT2D eigenvalue weighted by Gasteiger charge is -2.10. The van der Waals surface area contributed by atoms with Crippen LogP contribution in [0.1, 0.15) is 39.1 Å². The third kappa shape index (κ3) is 2.51. The summed E-state index contributed by atoms with van der Waals surface area (Å²) < 4.78 is 11.4. The molecule has 0 fully saturated rings. The van der Waals surface area contributed by atoms with Gasteiger partial charge in [-0.15, -0.1) is 0 Å². The smallest absolute Gasteiger partial charge is 0.176 e. The maximum atomic E-state index is 10.0. The fourth-order valence-electron chi connectivity index (χ4n) is 1.86. The topological polar surface area (TPSA) is 42.6 Å². The van der Waals surface area contributed by atoms with Crippen LogP contribution in [-0.4, -0.2) is 11.7 Å². The van der Waals surface area contributed by atoms with E-state index >= 15 is 0 Å². The van der Waals surface area contributed by atoms with Crippen molar-refractivity contribution in [2.45, 2.75) is 33.3 Å². The van der Waals surface area contributed by atoms with E-state index < -0.39 is 6.10 Å². The Hall–Kier alpha value is -1.48. The molecule has 0 amide bonds. The fourth-order valence-corrected chi connectivity index (χ4v) is 1.86. The van der Waals surface area contributed by atoms with Crippen LogP contribution < -0.4 is 4.74 Å². The standard InChI is InChI=1S/C15H20O3/c1-4-8-17-12-7-5-6-11-9-13(18-15(11)12)14(16)10(2)3/h5-7,9-10,14,16H,4,8H2,1-3H3. The molecular formula is C15H20O3. The molecule has 0 spiro atoms. The molecule has 0 aliphatic heterocycles. The van der Waals surface area contributed by atoms with Crippen LogP contribution in [0.3, 0.4) is 0 Å². The minimum Gasteiger partial charge on any atom is -0.490 e. The number of aliphatic hydroxyl groups is 1. The van der Waals surface area contributed by atoms with Gasteiger partial charge in [0, 0.05) is 5.39 Å². The highest BCUT2D eigenvalue weighted by molar-refractivity contribution is 5.83. The normalized spacial score (nSPS) is 13.2. The Bertz CT molecular complexity index is 513. The summed E-state index contributed by atoms with van der Waals surface area (Å²) in [4.78, 5) is 0. The van der Waals surface area contributed by atoms with Gasteiger partial charge in [-0.3, -0.25) is 0 Å². The van der Waals surface area contributed by atoms with E-state index in [2.05, 4.69) is 6.92 Å². The lowest BCUT2D eigenvalue weighted by Crippen LogP contribution is -2.03. The van der Waals surface area contributed by atoms with E-state index in [-0.39, 0.29) is 5.92 Å². The minimum absolute atomic E-state index is 0.130. The van der Waals surface area contributed by atoms with Gasteiger partial charge >= 0.3 is 0 Å². The Balaban J connectivity index is 2.38. The zero-order chi connectivity index (χ0) is 13.1. The molecule has 0 radical (unpaired) electrons. The molecule has 0 aliphatic carbocycles. The van der Waals surface area contributed by atoms with Gasteiger partial charge in [0.2, 0.25) is 0 Å². The summed E-state index contributed by atoms with van der Waals surface area (Å²) in [5.74, 6) is 1.48. The highest BCUT2D eigenvalue weighted by Crippen LogP contribution is 2.33. The summed E-state index contributed by atoms with van der Waals surface area (Å²) in [6.07, 6.45) is 0.384. The van der Waals surface area contributed by atoms with Crippen LogP contribution in [0.4, 0.5) is 0 Å². The first-order valence-electron chi connectivity index (χ1n) is 6.46. The van der Waals surface area contributed by atoms with Gasteiger partial charge in [-0.1, -0.05) is 32.9 Å².